The van der Waals surface area contributed by atoms with Crippen LogP contribution in [0.3, 0.4) is 0 Å². The quantitative estimate of drug-likeness (QED) is 0.593. The number of aromatic nitrogens is 3. The minimum absolute atomic E-state index is 0.0200. The zero-order valence-corrected chi connectivity index (χ0v) is 18.0. The van der Waals surface area contributed by atoms with Crippen molar-refractivity contribution < 1.29 is 18.3 Å². The minimum Gasteiger partial charge on any atom is -0.478 e. The van der Waals surface area contributed by atoms with E-state index in [0.717, 1.165) is 0 Å². The van der Waals surface area contributed by atoms with E-state index in [2.05, 4.69) is 19.7 Å². The normalized spacial score (nSPS) is 12.6. The number of aliphatic hydroxyl groups is 1. The minimum atomic E-state index is -4.08. The largest absolute Gasteiger partial charge is 0.478 e. The lowest BCUT2D eigenvalue weighted by atomic mass is 9.91. The van der Waals surface area contributed by atoms with Gasteiger partial charge in [-0.25, -0.2) is 18.4 Å². The highest BCUT2D eigenvalue weighted by Crippen LogP contribution is 2.35. The molecular weight excluding hydrogens is 404 g/mol. The van der Waals surface area contributed by atoms with Crippen LogP contribution in [-0.4, -0.2) is 35.6 Å². The number of sulfonamides is 1. The molecule has 0 fully saturated rings. The van der Waals surface area contributed by atoms with Gasteiger partial charge in [0.2, 0.25) is 5.82 Å². The number of rotatable bonds is 7. The second kappa shape index (κ2) is 8.76. The Morgan fingerprint density at radius 2 is 1.83 bits per heavy atom. The average Bonchev–Trinajstić information content (AvgIpc) is 2.74. The fourth-order valence-corrected chi connectivity index (χ4v) is 4.20. The topological polar surface area (TPSA) is 114 Å². The number of nitrogens with zero attached hydrogens (tertiary/aromatic N) is 3. The summed E-state index contributed by atoms with van der Waals surface area (Å²) in [5.74, 6) is 0.00584. The van der Waals surface area contributed by atoms with Crippen LogP contribution in [0.1, 0.15) is 31.2 Å². The number of aliphatic hydroxyl groups excluding tert-OH is 1. The van der Waals surface area contributed by atoms with E-state index in [1.807, 2.05) is 19.9 Å². The molecule has 158 valence electrons. The standard InChI is InChI=1S/C21H24N4O4S/c1-13(2)19(26)17-8-6-5-7-15(17)16-9-10-22-12-18(16)30(27,28)25-20-21(29-4)24-14(3)11-23-20/h5-13,19,26H,1-4H3,(H,23,25). The van der Waals surface area contributed by atoms with Crippen molar-refractivity contribution in [2.24, 2.45) is 5.92 Å². The second-order valence-electron chi connectivity index (χ2n) is 7.12. The predicted molar refractivity (Wildman–Crippen MR) is 114 cm³/mol. The summed E-state index contributed by atoms with van der Waals surface area (Å²) < 4.78 is 34.0. The van der Waals surface area contributed by atoms with Crippen molar-refractivity contribution in [3.63, 3.8) is 0 Å². The van der Waals surface area contributed by atoms with E-state index in [-0.39, 0.29) is 22.5 Å². The number of hydrogen-bond acceptors (Lipinski definition) is 7. The molecule has 0 radical (unpaired) electrons. The van der Waals surface area contributed by atoms with E-state index in [1.165, 1.54) is 25.7 Å². The number of benzene rings is 1. The van der Waals surface area contributed by atoms with E-state index < -0.39 is 16.1 Å². The molecule has 3 rings (SSSR count). The maximum Gasteiger partial charge on any atom is 0.265 e. The molecule has 0 saturated heterocycles. The molecule has 2 aromatic heterocycles. The third kappa shape index (κ3) is 4.42. The summed E-state index contributed by atoms with van der Waals surface area (Å²) in [6.45, 7) is 5.52. The fraction of sp³-hybridized carbons (Fsp3) is 0.286. The smallest absolute Gasteiger partial charge is 0.265 e. The number of methoxy groups -OCH3 is 1. The summed E-state index contributed by atoms with van der Waals surface area (Å²) in [5.41, 5.74) is 2.27. The molecule has 1 atom stereocenters. The van der Waals surface area contributed by atoms with Crippen LogP contribution in [0.2, 0.25) is 0 Å². The molecule has 0 saturated carbocycles. The van der Waals surface area contributed by atoms with Gasteiger partial charge in [-0.2, -0.15) is 0 Å². The second-order valence-corrected chi connectivity index (χ2v) is 8.77. The lowest BCUT2D eigenvalue weighted by Gasteiger charge is -2.20. The molecule has 2 N–H and O–H groups in total. The zero-order valence-electron chi connectivity index (χ0n) is 17.2. The molecule has 8 nitrogen and oxygen atoms in total. The van der Waals surface area contributed by atoms with E-state index in [9.17, 15) is 13.5 Å². The first-order valence-electron chi connectivity index (χ1n) is 9.36. The number of pyridine rings is 1. The van der Waals surface area contributed by atoms with Gasteiger partial charge in [-0.1, -0.05) is 38.1 Å². The highest BCUT2D eigenvalue weighted by molar-refractivity contribution is 7.92. The van der Waals surface area contributed by atoms with Gasteiger partial charge in [-0.15, -0.1) is 0 Å². The molecule has 9 heteroatoms. The van der Waals surface area contributed by atoms with E-state index in [4.69, 9.17) is 4.74 Å². The molecule has 1 aromatic carbocycles. The third-order valence-electron chi connectivity index (χ3n) is 4.56. The SMILES string of the molecule is COc1nc(C)cnc1NS(=O)(=O)c1cnccc1-c1ccccc1C(O)C(C)C. The van der Waals surface area contributed by atoms with Gasteiger partial charge < -0.3 is 9.84 Å². The molecule has 0 aliphatic carbocycles. The van der Waals surface area contributed by atoms with Gasteiger partial charge in [0.25, 0.3) is 15.9 Å². The molecular formula is C21H24N4O4S. The number of hydrogen-bond donors (Lipinski definition) is 2. The van der Waals surface area contributed by atoms with Crippen LogP contribution in [0.4, 0.5) is 5.82 Å². The Hall–Kier alpha value is -3.04. The highest BCUT2D eigenvalue weighted by Gasteiger charge is 2.25. The third-order valence-corrected chi connectivity index (χ3v) is 5.93. The Balaban J connectivity index is 2.11. The van der Waals surface area contributed by atoms with Crippen LogP contribution < -0.4 is 9.46 Å². The Bertz CT molecular complexity index is 1150. The van der Waals surface area contributed by atoms with Crippen LogP contribution in [0.5, 0.6) is 5.88 Å². The summed E-state index contributed by atoms with van der Waals surface area (Å²) in [7, 11) is -2.69. The van der Waals surface area contributed by atoms with Crippen molar-refractivity contribution in [3.8, 4) is 17.0 Å². The molecule has 0 amide bonds. The highest BCUT2D eigenvalue weighted by atomic mass is 32.2. The summed E-state index contributed by atoms with van der Waals surface area (Å²) in [5, 5.41) is 10.6. The molecule has 0 aliphatic heterocycles. The van der Waals surface area contributed by atoms with Crippen molar-refractivity contribution in [1.29, 1.82) is 0 Å². The Morgan fingerprint density at radius 3 is 2.53 bits per heavy atom. The van der Waals surface area contributed by atoms with E-state index >= 15 is 0 Å². The summed E-state index contributed by atoms with van der Waals surface area (Å²) in [6, 6.07) is 8.79. The molecule has 0 aliphatic rings. The van der Waals surface area contributed by atoms with Crippen LogP contribution >= 0.6 is 0 Å². The van der Waals surface area contributed by atoms with E-state index in [1.54, 1.807) is 31.2 Å². The molecule has 0 spiro atoms. The van der Waals surface area contributed by atoms with Crippen molar-refractivity contribution in [3.05, 3.63) is 60.2 Å². The van der Waals surface area contributed by atoms with Crippen molar-refractivity contribution >= 4 is 15.8 Å². The van der Waals surface area contributed by atoms with Gasteiger partial charge in [-0.3, -0.25) is 9.71 Å². The molecule has 2 heterocycles. The van der Waals surface area contributed by atoms with E-state index in [0.29, 0.717) is 22.4 Å². The monoisotopic (exact) mass is 428 g/mol. The average molecular weight is 429 g/mol. The Morgan fingerprint density at radius 1 is 1.10 bits per heavy atom. The first kappa shape index (κ1) is 21.7. The number of ether oxygens (including phenoxy) is 1. The van der Waals surface area contributed by atoms with Crippen molar-refractivity contribution in [1.82, 2.24) is 15.0 Å². The summed E-state index contributed by atoms with van der Waals surface area (Å²) in [6.07, 6.45) is 3.48. The van der Waals surface area contributed by atoms with Crippen LogP contribution in [-0.2, 0) is 10.0 Å². The van der Waals surface area contributed by atoms with Gasteiger partial charge in [-0.05, 0) is 30.0 Å². The van der Waals surface area contributed by atoms with Crippen LogP contribution in [0, 0.1) is 12.8 Å². The maximum absolute atomic E-state index is 13.2. The summed E-state index contributed by atoms with van der Waals surface area (Å²) in [4.78, 5) is 12.2. The first-order valence-corrected chi connectivity index (χ1v) is 10.8. The van der Waals surface area contributed by atoms with Gasteiger partial charge in [0.05, 0.1) is 25.1 Å². The van der Waals surface area contributed by atoms with Crippen molar-refractivity contribution in [2.45, 2.75) is 31.8 Å². The fourth-order valence-electron chi connectivity index (χ4n) is 3.03. The lowest BCUT2D eigenvalue weighted by Crippen LogP contribution is -2.17. The Labute approximate surface area is 176 Å². The van der Waals surface area contributed by atoms with Gasteiger partial charge in [0.1, 0.15) is 4.90 Å². The van der Waals surface area contributed by atoms with Crippen molar-refractivity contribution in [2.75, 3.05) is 11.8 Å². The maximum atomic E-state index is 13.2. The van der Waals surface area contributed by atoms with Gasteiger partial charge >= 0.3 is 0 Å². The first-order chi connectivity index (χ1) is 14.2. The lowest BCUT2D eigenvalue weighted by molar-refractivity contribution is 0.127. The number of anilines is 1. The molecule has 0 bridgehead atoms. The van der Waals surface area contributed by atoms with Gasteiger partial charge in [0.15, 0.2) is 0 Å². The summed E-state index contributed by atoms with van der Waals surface area (Å²) >= 11 is 0. The van der Waals surface area contributed by atoms with Gasteiger partial charge in [0, 0.05) is 18.0 Å². The molecule has 3 aromatic rings. The number of aryl methyl sites for hydroxylation is 1. The molecule has 30 heavy (non-hydrogen) atoms. The molecule has 1 unspecified atom stereocenters. The number of nitrogens with one attached hydrogen (secondary N) is 1. The predicted octanol–water partition coefficient (Wildman–Crippen LogP) is 3.35. The zero-order chi connectivity index (χ0) is 21.9. The van der Waals surface area contributed by atoms with Crippen LogP contribution in [0.25, 0.3) is 11.1 Å². The Kier molecular flexibility index (Phi) is 6.33. The van der Waals surface area contributed by atoms with Crippen LogP contribution in [0.15, 0.2) is 53.8 Å².